The van der Waals surface area contributed by atoms with Gasteiger partial charge >= 0.3 is 0 Å². The molecule has 0 bridgehead atoms. The monoisotopic (exact) mass is 286 g/mol. The Hall–Kier alpha value is -1.31. The van der Waals surface area contributed by atoms with Crippen molar-refractivity contribution in [2.75, 3.05) is 0 Å². The second-order valence-corrected chi connectivity index (χ2v) is 3.86. The Kier molecular flexibility index (Phi) is 8.99. The van der Waals surface area contributed by atoms with Crippen LogP contribution in [0.25, 0.3) is 0 Å². The number of carbonyl (C=O) groups is 1. The van der Waals surface area contributed by atoms with E-state index in [0.717, 1.165) is 18.4 Å². The molecule has 1 N–H and O–H groups in total. The summed E-state index contributed by atoms with van der Waals surface area (Å²) in [5, 5.41) is 8.88. The van der Waals surface area contributed by atoms with Crippen LogP contribution < -0.4 is 0 Å². The maximum Gasteiger partial charge on any atom is 0.299 e. The minimum absolute atomic E-state index is 0. The van der Waals surface area contributed by atoms with Crippen molar-refractivity contribution >= 4 is 5.97 Å². The van der Waals surface area contributed by atoms with Crippen LogP contribution in [0.15, 0.2) is 54.6 Å². The zero-order chi connectivity index (χ0) is 12.5. The van der Waals surface area contributed by atoms with Crippen LogP contribution in [0.5, 0.6) is 0 Å². The molecule has 104 valence electrons. The average molecular weight is 286 g/mol. The first-order valence-electron chi connectivity index (χ1n) is 5.86. The molecule has 1 atom stereocenters. The molecule has 0 aromatic heterocycles. The summed E-state index contributed by atoms with van der Waals surface area (Å²) in [6.07, 6.45) is 1.63. The van der Waals surface area contributed by atoms with Crippen molar-refractivity contribution in [2.45, 2.75) is 25.7 Å². The molecule has 2 aromatic rings. The van der Waals surface area contributed by atoms with Crippen molar-refractivity contribution in [2.24, 2.45) is 0 Å². The van der Waals surface area contributed by atoms with Gasteiger partial charge in [-0.2, -0.15) is 12.1 Å². The topological polar surface area (TPSA) is 37.3 Å². The zero-order valence-corrected chi connectivity index (χ0v) is 11.5. The molecule has 0 saturated carbocycles. The molecular weight excluding hydrogens is 268 g/mol. The van der Waals surface area contributed by atoms with Gasteiger partial charge in [0.25, 0.3) is 5.97 Å². The summed E-state index contributed by atoms with van der Waals surface area (Å²) < 4.78 is 0. The van der Waals surface area contributed by atoms with E-state index in [0.29, 0.717) is 0 Å². The van der Waals surface area contributed by atoms with Gasteiger partial charge < -0.3 is 35.4 Å². The summed E-state index contributed by atoms with van der Waals surface area (Å²) in [5.41, 5.74) is 0.921. The Bertz CT molecular complexity index is 373. The summed E-state index contributed by atoms with van der Waals surface area (Å²) in [6.45, 7) is 2.00. The molecular formula is C15H18FeO2-6. The molecule has 0 heterocycles. The maximum atomic E-state index is 10.8. The molecule has 0 aliphatic carbocycles. The van der Waals surface area contributed by atoms with Crippen molar-refractivity contribution < 1.29 is 27.0 Å². The van der Waals surface area contributed by atoms with E-state index in [1.54, 1.807) is 0 Å². The molecule has 0 aliphatic heterocycles. The third-order valence-electron chi connectivity index (χ3n) is 2.52. The van der Waals surface area contributed by atoms with E-state index in [2.05, 4.69) is 0 Å². The first-order chi connectivity index (χ1) is 8.25. The molecule has 3 heteroatoms. The van der Waals surface area contributed by atoms with Crippen LogP contribution in [-0.4, -0.2) is 11.1 Å². The second-order valence-electron chi connectivity index (χ2n) is 3.86. The van der Waals surface area contributed by atoms with Gasteiger partial charge in [0.1, 0.15) is 0 Å². The normalized spacial score (nSPS) is 10.7. The predicted molar refractivity (Wildman–Crippen MR) is 69.4 cm³/mol. The summed E-state index contributed by atoms with van der Waals surface area (Å²) in [5.74, 6) is -1.03. The van der Waals surface area contributed by atoms with Gasteiger partial charge in [-0.3, -0.25) is 4.79 Å². The SMILES string of the molecule is CCCC(C(=O)O)[c-]1cccc1.[Fe].[cH-]1[cH-][cH-][cH-][cH-]1. The van der Waals surface area contributed by atoms with Crippen molar-refractivity contribution in [3.63, 3.8) is 0 Å². The molecule has 18 heavy (non-hydrogen) atoms. The van der Waals surface area contributed by atoms with Crippen LogP contribution >= 0.6 is 0 Å². The van der Waals surface area contributed by atoms with Gasteiger partial charge in [-0.05, 0) is 6.42 Å². The Morgan fingerprint density at radius 2 is 1.61 bits per heavy atom. The van der Waals surface area contributed by atoms with E-state index in [-0.39, 0.29) is 23.0 Å². The largest absolute Gasteiger partial charge is 0.748 e. The van der Waals surface area contributed by atoms with Crippen molar-refractivity contribution in [1.29, 1.82) is 0 Å². The molecule has 0 aliphatic rings. The van der Waals surface area contributed by atoms with Gasteiger partial charge in [0.05, 0.1) is 0 Å². The van der Waals surface area contributed by atoms with Crippen molar-refractivity contribution in [1.82, 2.24) is 0 Å². The Balaban J connectivity index is 0.000000405. The average Bonchev–Trinajstić information content (AvgIpc) is 3.00. The number of hydrogen-bond donors (Lipinski definition) is 1. The molecule has 2 aromatic carbocycles. The number of aliphatic carboxylic acids is 1. The van der Waals surface area contributed by atoms with Gasteiger partial charge in [0.2, 0.25) is 0 Å². The third kappa shape index (κ3) is 5.85. The quantitative estimate of drug-likeness (QED) is 0.686. The van der Waals surface area contributed by atoms with E-state index < -0.39 is 5.97 Å². The fourth-order valence-electron chi connectivity index (χ4n) is 1.66. The molecule has 0 radical (unpaired) electrons. The van der Waals surface area contributed by atoms with E-state index in [1.807, 2.05) is 61.5 Å². The number of carboxylic acids is 1. The molecule has 0 saturated heterocycles. The van der Waals surface area contributed by atoms with Crippen LogP contribution in [0.4, 0.5) is 0 Å². The van der Waals surface area contributed by atoms with Crippen molar-refractivity contribution in [3.8, 4) is 0 Å². The minimum Gasteiger partial charge on any atom is -0.748 e. The van der Waals surface area contributed by atoms with Gasteiger partial charge in [-0.1, -0.05) is 13.3 Å². The Labute approximate surface area is 119 Å². The predicted octanol–water partition coefficient (Wildman–Crippen LogP) is 3.78. The van der Waals surface area contributed by atoms with Gasteiger partial charge in [-0.15, -0.1) is 5.56 Å². The van der Waals surface area contributed by atoms with Crippen LogP contribution in [0.1, 0.15) is 31.2 Å². The molecule has 0 amide bonds. The molecule has 2 rings (SSSR count). The smallest absolute Gasteiger partial charge is 0.299 e. The minimum atomic E-state index is -0.719. The molecule has 0 spiro atoms. The Morgan fingerprint density at radius 1 is 1.17 bits per heavy atom. The zero-order valence-electron chi connectivity index (χ0n) is 10.4. The molecule has 1 unspecified atom stereocenters. The summed E-state index contributed by atoms with van der Waals surface area (Å²) in [4.78, 5) is 10.8. The molecule has 2 nitrogen and oxygen atoms in total. The van der Waals surface area contributed by atoms with Crippen molar-refractivity contribution in [3.05, 3.63) is 60.2 Å². The Morgan fingerprint density at radius 3 is 1.94 bits per heavy atom. The first-order valence-corrected chi connectivity index (χ1v) is 5.86. The summed E-state index contributed by atoms with van der Waals surface area (Å²) >= 11 is 0. The van der Waals surface area contributed by atoms with E-state index in [1.165, 1.54) is 0 Å². The second kappa shape index (κ2) is 9.69. The third-order valence-corrected chi connectivity index (χ3v) is 2.52. The number of carboxylic acid groups (broad SMARTS) is 1. The maximum absolute atomic E-state index is 10.8. The molecule has 0 fully saturated rings. The fraction of sp³-hybridized carbons (Fsp3) is 0.267. The van der Waals surface area contributed by atoms with Crippen LogP contribution in [0.2, 0.25) is 0 Å². The van der Waals surface area contributed by atoms with E-state index in [9.17, 15) is 4.79 Å². The first kappa shape index (κ1) is 16.7. The standard InChI is InChI=1S/C10H13O2.C5H5.Fe/c1-2-5-9(10(11)12)8-6-3-4-7-8;1-2-4-5-3-1;/h3-4,6-7,9H,2,5H2,1H3,(H,11,12);1-5H;/q-1;-5;. The summed E-state index contributed by atoms with van der Waals surface area (Å²) in [6, 6.07) is 17.5. The van der Waals surface area contributed by atoms with Crippen LogP contribution in [-0.2, 0) is 21.9 Å². The summed E-state index contributed by atoms with van der Waals surface area (Å²) in [7, 11) is 0. The van der Waals surface area contributed by atoms with E-state index >= 15 is 0 Å². The van der Waals surface area contributed by atoms with E-state index in [4.69, 9.17) is 5.11 Å². The van der Waals surface area contributed by atoms with Gasteiger partial charge in [0.15, 0.2) is 0 Å². The van der Waals surface area contributed by atoms with Gasteiger partial charge in [-0.25, -0.2) is 12.1 Å². The van der Waals surface area contributed by atoms with Gasteiger partial charge in [0, 0.05) is 23.0 Å². The van der Waals surface area contributed by atoms with Crippen LogP contribution in [0.3, 0.4) is 0 Å². The van der Waals surface area contributed by atoms with Crippen LogP contribution in [0, 0.1) is 0 Å². The number of rotatable bonds is 4. The fourth-order valence-corrected chi connectivity index (χ4v) is 1.66. The number of hydrogen-bond acceptors (Lipinski definition) is 1.